The van der Waals surface area contributed by atoms with Crippen molar-refractivity contribution < 1.29 is 4.39 Å². The third kappa shape index (κ3) is 1.74. The Labute approximate surface area is 72.3 Å². The molecule has 10 heavy (non-hydrogen) atoms. The highest BCUT2D eigenvalue weighted by molar-refractivity contribution is 14.1. The van der Waals surface area contributed by atoms with E-state index in [0.717, 1.165) is 0 Å². The first kappa shape index (κ1) is 7.61. The Morgan fingerprint density at radius 2 is 2.40 bits per heavy atom. The van der Waals surface area contributed by atoms with Gasteiger partial charge in [0, 0.05) is 6.08 Å². The molecule has 0 bridgehead atoms. The summed E-state index contributed by atoms with van der Waals surface area (Å²) in [4.78, 5) is 0. The van der Waals surface area contributed by atoms with Gasteiger partial charge in [0.15, 0.2) is 0 Å². The van der Waals surface area contributed by atoms with Crippen LogP contribution in [0.4, 0.5) is 4.39 Å². The molecule has 0 radical (unpaired) electrons. The Morgan fingerprint density at radius 3 is 3.10 bits per heavy atom. The van der Waals surface area contributed by atoms with Crippen molar-refractivity contribution in [3.8, 4) is 11.8 Å². The highest BCUT2D eigenvalue weighted by atomic mass is 127. The number of halogens is 2. The minimum Gasteiger partial charge on any atom is -0.396 e. The number of rotatable bonds is 0. The fourth-order valence-corrected chi connectivity index (χ4v) is 1.03. The topological polar surface area (TPSA) is 26.0 Å². The first-order valence-electron chi connectivity index (χ1n) is 2.68. The first-order valence-corrected chi connectivity index (χ1v) is 3.93. The highest BCUT2D eigenvalue weighted by Gasteiger charge is 2.03. The molecule has 0 aromatic heterocycles. The zero-order valence-electron chi connectivity index (χ0n) is 5.07. The van der Waals surface area contributed by atoms with Gasteiger partial charge in [-0.25, -0.2) is 4.39 Å². The van der Waals surface area contributed by atoms with E-state index in [-0.39, 0.29) is 9.62 Å². The van der Waals surface area contributed by atoms with Crippen LogP contribution in [0, 0.1) is 11.8 Å². The summed E-state index contributed by atoms with van der Waals surface area (Å²) < 4.78 is 12.6. The van der Waals surface area contributed by atoms with E-state index < -0.39 is 5.83 Å². The molecule has 0 fully saturated rings. The fourth-order valence-electron chi connectivity index (χ4n) is 0.534. The van der Waals surface area contributed by atoms with E-state index in [2.05, 4.69) is 11.8 Å². The number of hydrogen-bond acceptors (Lipinski definition) is 1. The smallest absolute Gasteiger partial charge is 0.144 e. The van der Waals surface area contributed by atoms with Gasteiger partial charge in [-0.1, -0.05) is 34.4 Å². The second kappa shape index (κ2) is 3.06. The standard InChI is InChI=1S/C7H5FIN/c8-6-4-5(9)2-1-3-7(6)10/h3-5H,10H2. The van der Waals surface area contributed by atoms with Crippen LogP contribution in [-0.4, -0.2) is 3.92 Å². The van der Waals surface area contributed by atoms with Crippen molar-refractivity contribution >= 4 is 22.6 Å². The average molecular weight is 249 g/mol. The molecule has 1 nitrogen and oxygen atoms in total. The van der Waals surface area contributed by atoms with Crippen molar-refractivity contribution in [2.75, 3.05) is 0 Å². The van der Waals surface area contributed by atoms with Gasteiger partial charge in [-0.15, -0.1) is 0 Å². The third-order valence-corrected chi connectivity index (χ3v) is 1.69. The van der Waals surface area contributed by atoms with Crippen molar-refractivity contribution in [1.82, 2.24) is 0 Å². The molecule has 1 rings (SSSR count). The number of nitrogens with two attached hydrogens (primary N) is 1. The normalized spacial score (nSPS) is 23.6. The molecular weight excluding hydrogens is 244 g/mol. The molecule has 0 spiro atoms. The van der Waals surface area contributed by atoms with Crippen molar-refractivity contribution in [1.29, 1.82) is 0 Å². The monoisotopic (exact) mass is 249 g/mol. The Morgan fingerprint density at radius 1 is 1.70 bits per heavy atom. The Kier molecular flexibility index (Phi) is 2.33. The minimum atomic E-state index is -0.392. The van der Waals surface area contributed by atoms with Crippen molar-refractivity contribution in [3.63, 3.8) is 0 Å². The summed E-state index contributed by atoms with van der Waals surface area (Å²) >= 11 is 2.03. The first-order chi connectivity index (χ1) is 4.70. The van der Waals surface area contributed by atoms with Gasteiger partial charge in [0.25, 0.3) is 0 Å². The fraction of sp³-hybridized carbons (Fsp3) is 0.143. The molecule has 1 atom stereocenters. The predicted octanol–water partition coefficient (Wildman–Crippen LogP) is 1.50. The van der Waals surface area contributed by atoms with Crippen LogP contribution in [-0.2, 0) is 0 Å². The molecule has 0 aliphatic heterocycles. The van der Waals surface area contributed by atoms with Gasteiger partial charge >= 0.3 is 0 Å². The van der Waals surface area contributed by atoms with Crippen molar-refractivity contribution in [2.24, 2.45) is 5.73 Å². The number of hydrogen-bond donors (Lipinski definition) is 1. The van der Waals surface area contributed by atoms with Crippen LogP contribution in [0.15, 0.2) is 23.7 Å². The molecule has 0 amide bonds. The van der Waals surface area contributed by atoms with Gasteiger partial charge in [-0.3, -0.25) is 0 Å². The SMILES string of the molecule is NC1=CC#CC(I)C=C1F. The molecule has 1 unspecified atom stereocenters. The van der Waals surface area contributed by atoms with Crippen molar-refractivity contribution in [3.05, 3.63) is 23.7 Å². The van der Waals surface area contributed by atoms with Gasteiger partial charge in [-0.05, 0) is 6.08 Å². The molecule has 0 saturated carbocycles. The Balaban J connectivity index is 2.95. The van der Waals surface area contributed by atoms with Gasteiger partial charge in [0.1, 0.15) is 5.83 Å². The van der Waals surface area contributed by atoms with Crippen LogP contribution >= 0.6 is 22.6 Å². The van der Waals surface area contributed by atoms with Crippen molar-refractivity contribution in [2.45, 2.75) is 3.92 Å². The van der Waals surface area contributed by atoms with E-state index >= 15 is 0 Å². The predicted molar refractivity (Wildman–Crippen MR) is 47.0 cm³/mol. The van der Waals surface area contributed by atoms with E-state index in [1.807, 2.05) is 22.6 Å². The quantitative estimate of drug-likeness (QED) is 0.393. The lowest BCUT2D eigenvalue weighted by Gasteiger charge is -1.93. The van der Waals surface area contributed by atoms with E-state index in [1.54, 1.807) is 0 Å². The minimum absolute atomic E-state index is 0.0742. The maximum Gasteiger partial charge on any atom is 0.144 e. The van der Waals surface area contributed by atoms with Crippen LogP contribution in [0.5, 0.6) is 0 Å². The molecule has 0 saturated heterocycles. The average Bonchev–Trinajstić information content (AvgIpc) is 1.96. The van der Waals surface area contributed by atoms with E-state index in [4.69, 9.17) is 5.73 Å². The van der Waals surface area contributed by atoms with Gasteiger partial charge in [0.2, 0.25) is 0 Å². The van der Waals surface area contributed by atoms with E-state index in [1.165, 1.54) is 12.2 Å². The van der Waals surface area contributed by atoms with Crippen LogP contribution < -0.4 is 5.73 Å². The summed E-state index contributed by atoms with van der Waals surface area (Å²) in [6.07, 6.45) is 2.77. The lowest BCUT2D eigenvalue weighted by Crippen LogP contribution is -1.97. The maximum atomic E-state index is 12.7. The second-order valence-corrected chi connectivity index (χ2v) is 3.15. The second-order valence-electron chi connectivity index (χ2n) is 1.80. The Hall–Kier alpha value is -0.500. The molecule has 1 aliphatic carbocycles. The molecule has 2 N–H and O–H groups in total. The summed E-state index contributed by atoms with van der Waals surface area (Å²) in [5.41, 5.74) is 5.37. The zero-order chi connectivity index (χ0) is 7.56. The summed E-state index contributed by atoms with van der Waals surface area (Å²) in [5.74, 6) is 5.02. The highest BCUT2D eigenvalue weighted by Crippen LogP contribution is 2.13. The van der Waals surface area contributed by atoms with Gasteiger partial charge < -0.3 is 5.73 Å². The lowest BCUT2D eigenvalue weighted by molar-refractivity contribution is 0.646. The number of alkyl halides is 1. The summed E-state index contributed by atoms with van der Waals surface area (Å²) in [7, 11) is 0. The largest absolute Gasteiger partial charge is 0.396 e. The van der Waals surface area contributed by atoms with Crippen LogP contribution in [0.2, 0.25) is 0 Å². The maximum absolute atomic E-state index is 12.7. The summed E-state index contributed by atoms with van der Waals surface area (Å²) in [5, 5.41) is 0. The molecule has 0 aromatic carbocycles. The Bertz CT molecular complexity index is 257. The van der Waals surface area contributed by atoms with Gasteiger partial charge in [0.05, 0.1) is 9.62 Å². The molecule has 3 heteroatoms. The molecule has 1 aliphatic rings. The summed E-state index contributed by atoms with van der Waals surface area (Å²) in [6.45, 7) is 0. The third-order valence-electron chi connectivity index (χ3n) is 1.02. The molecule has 0 aromatic rings. The number of allylic oxidation sites excluding steroid dienone is 3. The van der Waals surface area contributed by atoms with Crippen LogP contribution in [0.3, 0.4) is 0 Å². The molecule has 0 heterocycles. The van der Waals surface area contributed by atoms with E-state index in [0.29, 0.717) is 0 Å². The van der Waals surface area contributed by atoms with E-state index in [9.17, 15) is 4.39 Å². The summed E-state index contributed by atoms with van der Waals surface area (Å²) in [6, 6.07) is 0. The zero-order valence-corrected chi connectivity index (χ0v) is 7.22. The van der Waals surface area contributed by atoms with Crippen LogP contribution in [0.25, 0.3) is 0 Å². The molecule has 52 valence electrons. The lowest BCUT2D eigenvalue weighted by atomic mass is 10.3. The van der Waals surface area contributed by atoms with Crippen LogP contribution in [0.1, 0.15) is 0 Å². The molecular formula is C7H5FIN. The van der Waals surface area contributed by atoms with Gasteiger partial charge in [-0.2, -0.15) is 0 Å².